The second kappa shape index (κ2) is 7.56. The highest BCUT2D eigenvalue weighted by atomic mass is 16.3. The lowest BCUT2D eigenvalue weighted by atomic mass is 9.95. The van der Waals surface area contributed by atoms with Crippen LogP contribution in [0.4, 0.5) is 0 Å². The van der Waals surface area contributed by atoms with E-state index in [4.69, 9.17) is 4.42 Å². The summed E-state index contributed by atoms with van der Waals surface area (Å²) in [4.78, 5) is 19.5. The number of furan rings is 1. The Hall–Kier alpha value is -2.60. The van der Waals surface area contributed by atoms with E-state index in [1.807, 2.05) is 26.1 Å². The van der Waals surface area contributed by atoms with Gasteiger partial charge in [0.15, 0.2) is 0 Å². The summed E-state index contributed by atoms with van der Waals surface area (Å²) in [5.74, 6) is 2.23. The number of carbonyl (C=O) groups excluding carboxylic acids is 1. The molecular formula is C21H26N4O2. The van der Waals surface area contributed by atoms with Gasteiger partial charge in [0.25, 0.3) is 0 Å². The first-order valence-electron chi connectivity index (χ1n) is 9.54. The molecule has 1 aliphatic heterocycles. The molecule has 0 bridgehead atoms. The van der Waals surface area contributed by atoms with Gasteiger partial charge in [-0.3, -0.25) is 9.69 Å². The van der Waals surface area contributed by atoms with Gasteiger partial charge in [-0.15, -0.1) is 0 Å². The lowest BCUT2D eigenvalue weighted by molar-refractivity contribution is -0.126. The standard InChI is InChI=1S/C21H26N4O2/c1-15-23-19-12-16(5-6-20(19)24(15)2)13-22-21(26)17-7-9-25(10-8-17)14-18-4-3-11-27-18/h3-6,11-12,17H,7-10,13-14H2,1-2H3,(H,22,26). The Balaban J connectivity index is 1.28. The maximum Gasteiger partial charge on any atom is 0.223 e. The first-order valence-corrected chi connectivity index (χ1v) is 9.54. The zero-order valence-corrected chi connectivity index (χ0v) is 15.9. The Labute approximate surface area is 159 Å². The fourth-order valence-electron chi connectivity index (χ4n) is 3.79. The molecule has 0 aliphatic carbocycles. The van der Waals surface area contributed by atoms with Gasteiger partial charge < -0.3 is 14.3 Å². The fourth-order valence-corrected chi connectivity index (χ4v) is 3.79. The number of hydrogen-bond acceptors (Lipinski definition) is 4. The second-order valence-corrected chi connectivity index (χ2v) is 7.39. The maximum atomic E-state index is 12.5. The monoisotopic (exact) mass is 366 g/mol. The van der Waals surface area contributed by atoms with Crippen LogP contribution in [0, 0.1) is 12.8 Å². The number of aromatic nitrogens is 2. The van der Waals surface area contributed by atoms with Crippen molar-refractivity contribution >= 4 is 16.9 Å². The Bertz CT molecular complexity index is 921. The van der Waals surface area contributed by atoms with Gasteiger partial charge in [0.1, 0.15) is 11.6 Å². The predicted octanol–water partition coefficient (Wildman–Crippen LogP) is 3.00. The van der Waals surface area contributed by atoms with Crippen LogP contribution in [-0.4, -0.2) is 33.4 Å². The van der Waals surface area contributed by atoms with E-state index in [9.17, 15) is 4.79 Å². The van der Waals surface area contributed by atoms with Crippen molar-refractivity contribution in [2.24, 2.45) is 13.0 Å². The molecule has 4 rings (SSSR count). The highest BCUT2D eigenvalue weighted by molar-refractivity contribution is 5.79. The van der Waals surface area contributed by atoms with E-state index < -0.39 is 0 Å². The van der Waals surface area contributed by atoms with Crippen molar-refractivity contribution in [2.75, 3.05) is 13.1 Å². The van der Waals surface area contributed by atoms with Gasteiger partial charge in [0.05, 0.1) is 23.8 Å². The molecule has 0 spiro atoms. The van der Waals surface area contributed by atoms with Crippen LogP contribution in [0.1, 0.15) is 30.0 Å². The molecule has 1 aliphatic rings. The van der Waals surface area contributed by atoms with Gasteiger partial charge in [-0.25, -0.2) is 4.98 Å². The molecule has 1 fully saturated rings. The Kier molecular flexibility index (Phi) is 4.99. The van der Waals surface area contributed by atoms with Gasteiger partial charge in [-0.2, -0.15) is 0 Å². The Morgan fingerprint density at radius 2 is 2.11 bits per heavy atom. The average molecular weight is 366 g/mol. The number of nitrogens with one attached hydrogen (secondary N) is 1. The van der Waals surface area contributed by atoms with Crippen LogP contribution in [-0.2, 0) is 24.9 Å². The quantitative estimate of drug-likeness (QED) is 0.754. The van der Waals surface area contributed by atoms with Gasteiger partial charge in [-0.1, -0.05) is 6.07 Å². The van der Waals surface area contributed by atoms with Crippen LogP contribution in [0.3, 0.4) is 0 Å². The van der Waals surface area contributed by atoms with Gasteiger partial charge in [-0.05, 0) is 62.7 Å². The molecule has 3 aromatic rings. The van der Waals surface area contributed by atoms with E-state index in [1.165, 1.54) is 0 Å². The first-order chi connectivity index (χ1) is 13.1. The van der Waals surface area contributed by atoms with Crippen LogP contribution in [0.25, 0.3) is 11.0 Å². The van der Waals surface area contributed by atoms with Crippen LogP contribution >= 0.6 is 0 Å². The van der Waals surface area contributed by atoms with Crippen LogP contribution < -0.4 is 5.32 Å². The first kappa shape index (κ1) is 17.8. The minimum atomic E-state index is 0.0960. The molecule has 142 valence electrons. The number of amides is 1. The molecule has 6 nitrogen and oxygen atoms in total. The average Bonchev–Trinajstić information content (AvgIpc) is 3.28. The molecule has 3 heterocycles. The van der Waals surface area contributed by atoms with Crippen molar-refractivity contribution in [3.8, 4) is 0 Å². The number of imidazole rings is 1. The molecule has 0 saturated carbocycles. The number of rotatable bonds is 5. The fraction of sp³-hybridized carbons (Fsp3) is 0.429. The van der Waals surface area contributed by atoms with Gasteiger partial charge >= 0.3 is 0 Å². The highest BCUT2D eigenvalue weighted by Gasteiger charge is 2.25. The molecule has 27 heavy (non-hydrogen) atoms. The van der Waals surface area contributed by atoms with E-state index >= 15 is 0 Å². The van der Waals surface area contributed by atoms with Crippen molar-refractivity contribution < 1.29 is 9.21 Å². The predicted molar refractivity (Wildman–Crippen MR) is 104 cm³/mol. The van der Waals surface area contributed by atoms with Crippen LogP contribution in [0.15, 0.2) is 41.0 Å². The maximum absolute atomic E-state index is 12.5. The lowest BCUT2D eigenvalue weighted by Gasteiger charge is -2.30. The smallest absolute Gasteiger partial charge is 0.223 e. The topological polar surface area (TPSA) is 63.3 Å². The van der Waals surface area contributed by atoms with Crippen molar-refractivity contribution in [2.45, 2.75) is 32.9 Å². The highest BCUT2D eigenvalue weighted by Crippen LogP contribution is 2.20. The molecule has 0 unspecified atom stereocenters. The van der Waals surface area contributed by atoms with Crippen LogP contribution in [0.5, 0.6) is 0 Å². The zero-order valence-electron chi connectivity index (χ0n) is 15.9. The third-order valence-corrected chi connectivity index (χ3v) is 5.55. The second-order valence-electron chi connectivity index (χ2n) is 7.39. The molecule has 1 saturated heterocycles. The van der Waals surface area contributed by atoms with E-state index in [0.29, 0.717) is 6.54 Å². The molecule has 1 N–H and O–H groups in total. The summed E-state index contributed by atoms with van der Waals surface area (Å²) in [6, 6.07) is 10.1. The summed E-state index contributed by atoms with van der Waals surface area (Å²) in [5.41, 5.74) is 3.18. The number of piperidine rings is 1. The zero-order chi connectivity index (χ0) is 18.8. The minimum Gasteiger partial charge on any atom is -0.468 e. The molecular weight excluding hydrogens is 340 g/mol. The summed E-state index contributed by atoms with van der Waals surface area (Å²) in [7, 11) is 2.02. The van der Waals surface area contributed by atoms with E-state index in [0.717, 1.165) is 60.7 Å². The third-order valence-electron chi connectivity index (χ3n) is 5.55. The van der Waals surface area contributed by atoms with Crippen molar-refractivity contribution in [3.05, 3.63) is 53.7 Å². The SMILES string of the molecule is Cc1nc2cc(CNC(=O)C3CCN(Cc4ccco4)CC3)ccc2n1C. The molecule has 1 amide bonds. The van der Waals surface area contributed by atoms with Crippen molar-refractivity contribution in [1.29, 1.82) is 0 Å². The summed E-state index contributed by atoms with van der Waals surface area (Å²) >= 11 is 0. The Morgan fingerprint density at radius 3 is 2.85 bits per heavy atom. The Morgan fingerprint density at radius 1 is 1.30 bits per heavy atom. The lowest BCUT2D eigenvalue weighted by Crippen LogP contribution is -2.40. The molecule has 0 atom stereocenters. The number of hydrogen-bond donors (Lipinski definition) is 1. The van der Waals surface area contributed by atoms with Crippen molar-refractivity contribution in [3.63, 3.8) is 0 Å². The summed E-state index contributed by atoms with van der Waals surface area (Å²) in [6.07, 6.45) is 3.50. The number of nitrogens with zero attached hydrogens (tertiary/aromatic N) is 3. The summed E-state index contributed by atoms with van der Waals surface area (Å²) < 4.78 is 7.49. The van der Waals surface area contributed by atoms with E-state index in [-0.39, 0.29) is 11.8 Å². The third kappa shape index (κ3) is 3.90. The van der Waals surface area contributed by atoms with Crippen molar-refractivity contribution in [1.82, 2.24) is 19.8 Å². The number of carbonyl (C=O) groups is 1. The summed E-state index contributed by atoms with van der Waals surface area (Å²) in [6.45, 7) is 5.23. The molecule has 2 aromatic heterocycles. The summed E-state index contributed by atoms with van der Waals surface area (Å²) in [5, 5.41) is 3.10. The number of aryl methyl sites for hydroxylation is 2. The minimum absolute atomic E-state index is 0.0960. The molecule has 0 radical (unpaired) electrons. The molecule has 6 heteroatoms. The van der Waals surface area contributed by atoms with E-state index in [1.54, 1.807) is 6.26 Å². The van der Waals surface area contributed by atoms with Gasteiger partial charge in [0.2, 0.25) is 5.91 Å². The largest absolute Gasteiger partial charge is 0.468 e. The van der Waals surface area contributed by atoms with Gasteiger partial charge in [0, 0.05) is 19.5 Å². The van der Waals surface area contributed by atoms with E-state index in [2.05, 4.69) is 38.0 Å². The normalized spacial score (nSPS) is 16.1. The number of fused-ring (bicyclic) bond motifs is 1. The molecule has 1 aromatic carbocycles. The van der Waals surface area contributed by atoms with Crippen LogP contribution in [0.2, 0.25) is 0 Å². The number of benzene rings is 1. The number of likely N-dealkylation sites (tertiary alicyclic amines) is 1.